The Labute approximate surface area is 165 Å². The molecule has 0 spiro atoms. The van der Waals surface area contributed by atoms with E-state index < -0.39 is 0 Å². The third-order valence-corrected chi connectivity index (χ3v) is 5.07. The summed E-state index contributed by atoms with van der Waals surface area (Å²) in [7, 11) is 0. The molecule has 144 valence electrons. The van der Waals surface area contributed by atoms with Crippen LogP contribution in [0.15, 0.2) is 54.6 Å². The number of benzene rings is 2. The van der Waals surface area contributed by atoms with Gasteiger partial charge in [0.25, 0.3) is 0 Å². The van der Waals surface area contributed by atoms with Crippen LogP contribution in [0.3, 0.4) is 0 Å². The normalized spacial score (nSPS) is 12.6. The zero-order valence-corrected chi connectivity index (χ0v) is 16.1. The number of amides is 1. The van der Waals surface area contributed by atoms with Crippen LogP contribution in [0.1, 0.15) is 35.9 Å². The lowest BCUT2D eigenvalue weighted by atomic mass is 10.1. The van der Waals surface area contributed by atoms with Gasteiger partial charge in [-0.25, -0.2) is 4.68 Å². The predicted molar refractivity (Wildman–Crippen MR) is 109 cm³/mol. The van der Waals surface area contributed by atoms with E-state index in [-0.39, 0.29) is 5.91 Å². The predicted octanol–water partition coefficient (Wildman–Crippen LogP) is 3.62. The van der Waals surface area contributed by atoms with Gasteiger partial charge in [0, 0.05) is 5.69 Å². The first-order valence-electron chi connectivity index (χ1n) is 9.88. The zero-order chi connectivity index (χ0) is 19.3. The van der Waals surface area contributed by atoms with E-state index in [0.717, 1.165) is 42.0 Å². The SMILES string of the molecule is CCOc1ccc(CC(=O)NCc2nn(-c3ccccc3)c3c2CCC3)cc1. The third-order valence-electron chi connectivity index (χ3n) is 5.07. The molecule has 0 atom stereocenters. The van der Waals surface area contributed by atoms with Crippen molar-refractivity contribution in [2.45, 2.75) is 39.2 Å². The van der Waals surface area contributed by atoms with Crippen molar-refractivity contribution in [3.05, 3.63) is 77.1 Å². The van der Waals surface area contributed by atoms with Crippen LogP contribution in [-0.4, -0.2) is 22.3 Å². The number of hydrogen-bond donors (Lipinski definition) is 1. The van der Waals surface area contributed by atoms with Crippen molar-refractivity contribution in [1.82, 2.24) is 15.1 Å². The Balaban J connectivity index is 1.41. The number of rotatable bonds is 7. The molecule has 1 amide bonds. The monoisotopic (exact) mass is 375 g/mol. The quantitative estimate of drug-likeness (QED) is 0.686. The van der Waals surface area contributed by atoms with Crippen molar-refractivity contribution in [1.29, 1.82) is 0 Å². The van der Waals surface area contributed by atoms with E-state index in [1.165, 1.54) is 11.3 Å². The minimum Gasteiger partial charge on any atom is -0.494 e. The second-order valence-corrected chi connectivity index (χ2v) is 7.00. The molecule has 1 heterocycles. The number of ether oxygens (including phenoxy) is 1. The van der Waals surface area contributed by atoms with E-state index in [0.29, 0.717) is 19.6 Å². The molecule has 1 aliphatic rings. The molecule has 0 fully saturated rings. The fraction of sp³-hybridized carbons (Fsp3) is 0.304. The van der Waals surface area contributed by atoms with Crippen LogP contribution in [0.4, 0.5) is 0 Å². The van der Waals surface area contributed by atoms with Gasteiger partial charge in [0.1, 0.15) is 5.75 Å². The van der Waals surface area contributed by atoms with Gasteiger partial charge in [0.15, 0.2) is 0 Å². The largest absolute Gasteiger partial charge is 0.494 e. The minimum absolute atomic E-state index is 0.00479. The van der Waals surface area contributed by atoms with Gasteiger partial charge < -0.3 is 10.1 Å². The maximum absolute atomic E-state index is 12.4. The molecule has 0 radical (unpaired) electrons. The first kappa shape index (κ1) is 18.3. The van der Waals surface area contributed by atoms with Crippen LogP contribution in [-0.2, 0) is 30.6 Å². The molecule has 0 saturated heterocycles. The molecule has 5 nitrogen and oxygen atoms in total. The summed E-state index contributed by atoms with van der Waals surface area (Å²) in [6.45, 7) is 3.06. The smallest absolute Gasteiger partial charge is 0.224 e. The van der Waals surface area contributed by atoms with Crippen LogP contribution in [0.2, 0.25) is 0 Å². The lowest BCUT2D eigenvalue weighted by Gasteiger charge is -2.07. The Bertz CT molecular complexity index is 946. The van der Waals surface area contributed by atoms with E-state index in [4.69, 9.17) is 9.84 Å². The second kappa shape index (κ2) is 8.30. The van der Waals surface area contributed by atoms with Gasteiger partial charge >= 0.3 is 0 Å². The molecule has 28 heavy (non-hydrogen) atoms. The van der Waals surface area contributed by atoms with E-state index in [1.54, 1.807) is 0 Å². The van der Waals surface area contributed by atoms with E-state index in [1.807, 2.05) is 54.1 Å². The first-order chi connectivity index (χ1) is 13.7. The average molecular weight is 375 g/mol. The molecule has 2 aromatic carbocycles. The van der Waals surface area contributed by atoms with Crippen molar-refractivity contribution in [3.63, 3.8) is 0 Å². The fourth-order valence-electron chi connectivity index (χ4n) is 3.74. The van der Waals surface area contributed by atoms with Gasteiger partial charge in [0.05, 0.1) is 31.0 Å². The summed E-state index contributed by atoms with van der Waals surface area (Å²) in [6.07, 6.45) is 3.57. The number of carbonyl (C=O) groups is 1. The number of hydrogen-bond acceptors (Lipinski definition) is 3. The van der Waals surface area contributed by atoms with Crippen LogP contribution in [0.25, 0.3) is 5.69 Å². The molecule has 1 N–H and O–H groups in total. The molecule has 0 unspecified atom stereocenters. The number of fused-ring (bicyclic) bond motifs is 1. The minimum atomic E-state index is 0.00479. The van der Waals surface area contributed by atoms with Crippen molar-refractivity contribution in [3.8, 4) is 11.4 Å². The van der Waals surface area contributed by atoms with Crippen molar-refractivity contribution in [2.75, 3.05) is 6.61 Å². The summed E-state index contributed by atoms with van der Waals surface area (Å²) in [5.74, 6) is 0.832. The molecular formula is C23H25N3O2. The Kier molecular flexibility index (Phi) is 5.42. The van der Waals surface area contributed by atoms with E-state index in [9.17, 15) is 4.79 Å². The molecule has 3 aromatic rings. The lowest BCUT2D eigenvalue weighted by molar-refractivity contribution is -0.120. The molecule has 0 aliphatic heterocycles. The summed E-state index contributed by atoms with van der Waals surface area (Å²) in [6, 6.07) is 17.9. The maximum atomic E-state index is 12.4. The molecular weight excluding hydrogens is 350 g/mol. The summed E-state index contributed by atoms with van der Waals surface area (Å²) in [5.41, 5.74) is 5.61. The summed E-state index contributed by atoms with van der Waals surface area (Å²) in [5, 5.41) is 7.83. The summed E-state index contributed by atoms with van der Waals surface area (Å²) >= 11 is 0. The number of para-hydroxylation sites is 1. The number of aromatic nitrogens is 2. The third kappa shape index (κ3) is 3.93. The standard InChI is InChI=1S/C23H25N3O2/c1-2-28-19-13-11-17(12-14-19)15-23(27)24-16-21-20-9-6-10-22(20)26(25-21)18-7-4-3-5-8-18/h3-5,7-8,11-14H,2,6,9-10,15-16H2,1H3,(H,24,27). The van der Waals surface area contributed by atoms with Crippen molar-refractivity contribution in [2.24, 2.45) is 0 Å². The average Bonchev–Trinajstić information content (AvgIpc) is 3.32. The molecule has 0 saturated carbocycles. The zero-order valence-electron chi connectivity index (χ0n) is 16.1. The highest BCUT2D eigenvalue weighted by atomic mass is 16.5. The van der Waals surface area contributed by atoms with Gasteiger partial charge in [-0.1, -0.05) is 30.3 Å². The van der Waals surface area contributed by atoms with Gasteiger partial charge in [-0.2, -0.15) is 5.10 Å². The molecule has 1 aliphatic carbocycles. The molecule has 0 bridgehead atoms. The fourth-order valence-corrected chi connectivity index (χ4v) is 3.74. The van der Waals surface area contributed by atoms with E-state index >= 15 is 0 Å². The van der Waals surface area contributed by atoms with E-state index in [2.05, 4.69) is 17.4 Å². The number of carbonyl (C=O) groups excluding carboxylic acids is 1. The first-order valence-corrected chi connectivity index (χ1v) is 9.88. The van der Waals surface area contributed by atoms with Crippen LogP contribution in [0, 0.1) is 0 Å². The topological polar surface area (TPSA) is 56.1 Å². The summed E-state index contributed by atoms with van der Waals surface area (Å²) < 4.78 is 7.48. The Morgan fingerprint density at radius 3 is 2.64 bits per heavy atom. The Hall–Kier alpha value is -3.08. The van der Waals surface area contributed by atoms with Crippen LogP contribution >= 0.6 is 0 Å². The van der Waals surface area contributed by atoms with Gasteiger partial charge in [-0.3, -0.25) is 4.79 Å². The highest BCUT2D eigenvalue weighted by molar-refractivity contribution is 5.78. The molecule has 4 rings (SSSR count). The summed E-state index contributed by atoms with van der Waals surface area (Å²) in [4.78, 5) is 12.4. The maximum Gasteiger partial charge on any atom is 0.224 e. The van der Waals surface area contributed by atoms with Gasteiger partial charge in [-0.05, 0) is 61.6 Å². The van der Waals surface area contributed by atoms with Gasteiger partial charge in [0.2, 0.25) is 5.91 Å². The Morgan fingerprint density at radius 2 is 1.89 bits per heavy atom. The highest BCUT2D eigenvalue weighted by Crippen LogP contribution is 2.27. The highest BCUT2D eigenvalue weighted by Gasteiger charge is 2.23. The molecule has 1 aromatic heterocycles. The van der Waals surface area contributed by atoms with Crippen molar-refractivity contribution < 1.29 is 9.53 Å². The van der Waals surface area contributed by atoms with Crippen LogP contribution < -0.4 is 10.1 Å². The number of nitrogens with zero attached hydrogens (tertiary/aromatic N) is 2. The van der Waals surface area contributed by atoms with Gasteiger partial charge in [-0.15, -0.1) is 0 Å². The Morgan fingerprint density at radius 1 is 1.11 bits per heavy atom. The number of nitrogens with one attached hydrogen (secondary N) is 1. The second-order valence-electron chi connectivity index (χ2n) is 7.00. The van der Waals surface area contributed by atoms with Crippen LogP contribution in [0.5, 0.6) is 5.75 Å². The molecule has 5 heteroatoms. The van der Waals surface area contributed by atoms with Crippen molar-refractivity contribution >= 4 is 5.91 Å². The lowest BCUT2D eigenvalue weighted by Crippen LogP contribution is -2.25.